The van der Waals surface area contributed by atoms with Gasteiger partial charge in [0.15, 0.2) is 12.4 Å². The number of carbonyl (C=O) groups is 3. The maximum absolute atomic E-state index is 11.7. The summed E-state index contributed by atoms with van der Waals surface area (Å²) in [5.41, 5.74) is 0.435. The average Bonchev–Trinajstić information content (AvgIpc) is 3.00. The van der Waals surface area contributed by atoms with Crippen LogP contribution in [0.25, 0.3) is 0 Å². The second kappa shape index (κ2) is 9.83. The van der Waals surface area contributed by atoms with E-state index < -0.39 is 18.5 Å². The van der Waals surface area contributed by atoms with E-state index in [9.17, 15) is 14.4 Å². The van der Waals surface area contributed by atoms with Gasteiger partial charge in [0.2, 0.25) is 5.91 Å². The minimum Gasteiger partial charge on any atom is -0.455 e. The van der Waals surface area contributed by atoms with Gasteiger partial charge in [-0.3, -0.25) is 14.4 Å². The Labute approximate surface area is 158 Å². The van der Waals surface area contributed by atoms with Gasteiger partial charge in [0.25, 0.3) is 5.91 Å². The number of carbonyl (C=O) groups excluding carboxylic acids is 3. The number of nitrogens with zero attached hydrogens (tertiary/aromatic N) is 1. The van der Waals surface area contributed by atoms with Crippen LogP contribution in [0.4, 0.5) is 11.5 Å². The van der Waals surface area contributed by atoms with E-state index >= 15 is 0 Å². The highest BCUT2D eigenvalue weighted by molar-refractivity contribution is 8.00. The highest BCUT2D eigenvalue weighted by Crippen LogP contribution is 2.20. The first-order valence-corrected chi connectivity index (χ1v) is 8.98. The fourth-order valence-corrected chi connectivity index (χ4v) is 2.56. The minimum absolute atomic E-state index is 0.0346. The maximum Gasteiger partial charge on any atom is 0.316 e. The van der Waals surface area contributed by atoms with Gasteiger partial charge >= 0.3 is 5.97 Å². The van der Waals surface area contributed by atoms with Crippen LogP contribution < -0.4 is 10.6 Å². The molecule has 0 aliphatic carbocycles. The van der Waals surface area contributed by atoms with E-state index in [-0.39, 0.29) is 17.4 Å². The van der Waals surface area contributed by atoms with Crippen molar-refractivity contribution in [2.45, 2.75) is 6.92 Å². The van der Waals surface area contributed by atoms with Crippen molar-refractivity contribution >= 4 is 52.7 Å². The molecule has 0 unspecified atom stereocenters. The number of hydrogen-bond donors (Lipinski definition) is 2. The summed E-state index contributed by atoms with van der Waals surface area (Å²) in [4.78, 5) is 35.0. The van der Waals surface area contributed by atoms with Crippen molar-refractivity contribution < 1.29 is 23.6 Å². The van der Waals surface area contributed by atoms with Gasteiger partial charge in [-0.2, -0.15) is 0 Å². The fraction of sp³-hybridized carbons (Fsp3) is 0.250. The number of esters is 1. The van der Waals surface area contributed by atoms with E-state index in [0.717, 1.165) is 11.8 Å². The lowest BCUT2D eigenvalue weighted by atomic mass is 10.3. The zero-order valence-electron chi connectivity index (χ0n) is 13.8. The van der Waals surface area contributed by atoms with Gasteiger partial charge in [-0.05, 0) is 19.1 Å². The number of ether oxygens (including phenoxy) is 1. The van der Waals surface area contributed by atoms with Crippen LogP contribution in [0.3, 0.4) is 0 Å². The summed E-state index contributed by atoms with van der Waals surface area (Å²) in [6.45, 7) is 1.27. The van der Waals surface area contributed by atoms with Crippen molar-refractivity contribution in [3.05, 3.63) is 41.1 Å². The molecule has 8 nitrogen and oxygen atoms in total. The second-order valence-electron chi connectivity index (χ2n) is 5.05. The highest BCUT2D eigenvalue weighted by atomic mass is 35.5. The number of thioether (sulfide) groups is 1. The van der Waals surface area contributed by atoms with Gasteiger partial charge < -0.3 is 19.9 Å². The monoisotopic (exact) mass is 397 g/mol. The first-order chi connectivity index (χ1) is 12.4. The molecule has 2 N–H and O–H groups in total. The third-order valence-corrected chi connectivity index (χ3v) is 4.10. The van der Waals surface area contributed by atoms with Crippen molar-refractivity contribution in [1.82, 2.24) is 5.16 Å². The first kappa shape index (κ1) is 19.8. The zero-order chi connectivity index (χ0) is 18.9. The molecule has 0 aliphatic heterocycles. The molecule has 26 heavy (non-hydrogen) atoms. The molecule has 0 atom stereocenters. The number of anilines is 2. The van der Waals surface area contributed by atoms with Crippen LogP contribution in [0.2, 0.25) is 5.02 Å². The molecule has 2 amide bonds. The number of nitrogens with one attached hydrogen (secondary N) is 2. The lowest BCUT2D eigenvalue weighted by molar-refractivity contribution is -0.144. The molecular formula is C16H16ClN3O5S. The topological polar surface area (TPSA) is 111 Å². The normalized spacial score (nSPS) is 10.2. The molecule has 0 fully saturated rings. The van der Waals surface area contributed by atoms with Crippen LogP contribution in [-0.4, -0.2) is 41.1 Å². The molecular weight excluding hydrogens is 382 g/mol. The van der Waals surface area contributed by atoms with Gasteiger partial charge in [0.05, 0.1) is 22.2 Å². The van der Waals surface area contributed by atoms with E-state index in [4.69, 9.17) is 20.9 Å². The molecule has 1 aromatic carbocycles. The summed E-state index contributed by atoms with van der Waals surface area (Å²) in [6.07, 6.45) is 0. The Hall–Kier alpha value is -2.52. The third-order valence-electron chi connectivity index (χ3n) is 2.86. The third kappa shape index (κ3) is 6.77. The number of para-hydroxylation sites is 1. The summed E-state index contributed by atoms with van der Waals surface area (Å²) in [5, 5.41) is 9.07. The Bertz CT molecular complexity index is 796. The summed E-state index contributed by atoms with van der Waals surface area (Å²) >= 11 is 6.97. The van der Waals surface area contributed by atoms with E-state index in [0.29, 0.717) is 22.3 Å². The molecule has 138 valence electrons. The average molecular weight is 398 g/mol. The largest absolute Gasteiger partial charge is 0.455 e. The van der Waals surface area contributed by atoms with Gasteiger partial charge in [0.1, 0.15) is 5.76 Å². The molecule has 10 heteroatoms. The minimum atomic E-state index is -0.602. The number of aryl methyl sites for hydroxylation is 1. The lowest BCUT2D eigenvalue weighted by Gasteiger charge is -2.07. The molecule has 1 aromatic heterocycles. The van der Waals surface area contributed by atoms with Crippen LogP contribution in [0, 0.1) is 6.92 Å². The van der Waals surface area contributed by atoms with Gasteiger partial charge in [-0.15, -0.1) is 11.8 Å². The standard InChI is InChI=1S/C16H16ClN3O5S/c1-10-6-13(20-25-10)19-15(22)8-26-9-16(23)24-7-14(21)18-12-5-3-2-4-11(12)17/h2-6H,7-9H2,1H3,(H,18,21)(H,19,20,22). The van der Waals surface area contributed by atoms with Crippen LogP contribution in [0.5, 0.6) is 0 Å². The first-order valence-electron chi connectivity index (χ1n) is 7.45. The van der Waals surface area contributed by atoms with Gasteiger partial charge in [0, 0.05) is 6.07 Å². The van der Waals surface area contributed by atoms with Crippen molar-refractivity contribution in [3.8, 4) is 0 Å². The van der Waals surface area contributed by atoms with E-state index in [1.165, 1.54) is 0 Å². The number of hydrogen-bond acceptors (Lipinski definition) is 7. The number of rotatable bonds is 8. The van der Waals surface area contributed by atoms with Crippen molar-refractivity contribution in [3.63, 3.8) is 0 Å². The Morgan fingerprint density at radius 1 is 1.19 bits per heavy atom. The van der Waals surface area contributed by atoms with Crippen LogP contribution in [0.1, 0.15) is 5.76 Å². The summed E-state index contributed by atoms with van der Waals surface area (Å²) in [6, 6.07) is 8.29. The molecule has 1 heterocycles. The zero-order valence-corrected chi connectivity index (χ0v) is 15.4. The number of amides is 2. The van der Waals surface area contributed by atoms with E-state index in [1.54, 1.807) is 37.3 Å². The predicted octanol–water partition coefficient (Wildman–Crippen LogP) is 2.49. The Morgan fingerprint density at radius 3 is 2.65 bits per heavy atom. The molecule has 0 saturated carbocycles. The highest BCUT2D eigenvalue weighted by Gasteiger charge is 2.11. The molecule has 0 bridgehead atoms. The predicted molar refractivity (Wildman–Crippen MR) is 98.2 cm³/mol. The molecule has 2 aromatic rings. The summed E-state index contributed by atoms with van der Waals surface area (Å²) in [5.74, 6) is -0.576. The molecule has 2 rings (SSSR count). The number of benzene rings is 1. The number of aromatic nitrogens is 1. The Kier molecular flexibility index (Phi) is 7.49. The smallest absolute Gasteiger partial charge is 0.316 e. The SMILES string of the molecule is Cc1cc(NC(=O)CSCC(=O)OCC(=O)Nc2ccccc2Cl)no1. The Balaban J connectivity index is 1.62. The molecule has 0 aliphatic rings. The van der Waals surface area contributed by atoms with E-state index in [2.05, 4.69) is 15.8 Å². The van der Waals surface area contributed by atoms with Gasteiger partial charge in [-0.1, -0.05) is 28.9 Å². The van der Waals surface area contributed by atoms with Gasteiger partial charge in [-0.25, -0.2) is 0 Å². The van der Waals surface area contributed by atoms with Crippen LogP contribution in [0.15, 0.2) is 34.9 Å². The molecule has 0 spiro atoms. The lowest BCUT2D eigenvalue weighted by Crippen LogP contribution is -2.22. The summed E-state index contributed by atoms with van der Waals surface area (Å²) in [7, 11) is 0. The van der Waals surface area contributed by atoms with Crippen molar-refractivity contribution in [1.29, 1.82) is 0 Å². The maximum atomic E-state index is 11.7. The second-order valence-corrected chi connectivity index (χ2v) is 6.45. The van der Waals surface area contributed by atoms with E-state index in [1.807, 2.05) is 0 Å². The molecule has 0 saturated heterocycles. The Morgan fingerprint density at radius 2 is 1.96 bits per heavy atom. The quantitative estimate of drug-likeness (QED) is 0.658. The molecule has 0 radical (unpaired) electrons. The van der Waals surface area contributed by atoms with Crippen LogP contribution >= 0.6 is 23.4 Å². The number of halogens is 1. The van der Waals surface area contributed by atoms with Crippen LogP contribution in [-0.2, 0) is 19.1 Å². The summed E-state index contributed by atoms with van der Waals surface area (Å²) < 4.78 is 9.67. The fourth-order valence-electron chi connectivity index (χ4n) is 1.77. The van der Waals surface area contributed by atoms with Crippen molar-refractivity contribution in [2.75, 3.05) is 28.7 Å². The van der Waals surface area contributed by atoms with Crippen molar-refractivity contribution in [2.24, 2.45) is 0 Å².